The lowest BCUT2D eigenvalue weighted by atomic mass is 10.2. The summed E-state index contributed by atoms with van der Waals surface area (Å²) < 4.78 is 33.5. The normalized spacial score (nSPS) is 11.5. The summed E-state index contributed by atoms with van der Waals surface area (Å²) in [6, 6.07) is 11.2. The Hall–Kier alpha value is -2.09. The minimum atomic E-state index is -3.94. The highest BCUT2D eigenvalue weighted by Gasteiger charge is 2.21. The molecule has 2 N–H and O–H groups in total. The van der Waals surface area contributed by atoms with Crippen LogP contribution in [0.25, 0.3) is 0 Å². The molecule has 0 heterocycles. The molecule has 0 saturated carbocycles. The molecule has 0 spiro atoms. The fraction of sp³-hybridized carbons (Fsp3) is 0.350. The van der Waals surface area contributed by atoms with Crippen LogP contribution in [0.1, 0.15) is 36.2 Å². The number of carbonyl (C=O) groups is 1. The number of halogens is 1. The predicted octanol–water partition coefficient (Wildman–Crippen LogP) is 3.99. The fourth-order valence-electron chi connectivity index (χ4n) is 2.43. The van der Waals surface area contributed by atoms with Crippen molar-refractivity contribution in [3.05, 3.63) is 58.6 Å². The second-order valence-electron chi connectivity index (χ2n) is 6.59. The van der Waals surface area contributed by atoms with Gasteiger partial charge in [0.05, 0.1) is 16.8 Å². The van der Waals surface area contributed by atoms with E-state index in [0.717, 1.165) is 5.56 Å². The molecule has 0 aromatic heterocycles. The van der Waals surface area contributed by atoms with Crippen molar-refractivity contribution in [3.8, 4) is 0 Å². The second-order valence-corrected chi connectivity index (χ2v) is 8.65. The molecule has 2 aromatic carbocycles. The van der Waals surface area contributed by atoms with E-state index in [4.69, 9.17) is 16.3 Å². The number of anilines is 1. The van der Waals surface area contributed by atoms with Crippen molar-refractivity contribution in [1.29, 1.82) is 0 Å². The Bertz CT molecular complexity index is 930. The van der Waals surface area contributed by atoms with Crippen LogP contribution in [0.4, 0.5) is 5.69 Å². The SMILES string of the molecule is Cc1ccccc1NS(=O)(=O)c1cc(C(=O)NCCCOC(C)C)ccc1Cl. The molecule has 0 atom stereocenters. The molecule has 6 nitrogen and oxygen atoms in total. The van der Waals surface area contributed by atoms with Gasteiger partial charge in [-0.15, -0.1) is 0 Å². The molecule has 0 fully saturated rings. The van der Waals surface area contributed by atoms with Crippen LogP contribution >= 0.6 is 11.6 Å². The molecule has 2 rings (SSSR count). The molecule has 152 valence electrons. The molecule has 0 aliphatic rings. The first-order valence-electron chi connectivity index (χ1n) is 8.98. The number of sulfonamides is 1. The van der Waals surface area contributed by atoms with Gasteiger partial charge < -0.3 is 10.1 Å². The smallest absolute Gasteiger partial charge is 0.263 e. The van der Waals surface area contributed by atoms with Crippen molar-refractivity contribution in [2.45, 2.75) is 38.2 Å². The molecule has 0 aliphatic carbocycles. The van der Waals surface area contributed by atoms with E-state index in [1.165, 1.54) is 18.2 Å². The van der Waals surface area contributed by atoms with Crippen LogP contribution in [0, 0.1) is 6.92 Å². The van der Waals surface area contributed by atoms with Crippen molar-refractivity contribution in [2.75, 3.05) is 17.9 Å². The average molecular weight is 425 g/mol. The monoisotopic (exact) mass is 424 g/mol. The lowest BCUT2D eigenvalue weighted by Crippen LogP contribution is -2.26. The quantitative estimate of drug-likeness (QED) is 0.596. The second kappa shape index (κ2) is 9.91. The Labute approximate surface area is 171 Å². The van der Waals surface area contributed by atoms with E-state index in [1.54, 1.807) is 25.1 Å². The number of amides is 1. The number of hydrogen-bond donors (Lipinski definition) is 2. The number of carbonyl (C=O) groups excluding carboxylic acids is 1. The number of ether oxygens (including phenoxy) is 1. The van der Waals surface area contributed by atoms with E-state index in [0.29, 0.717) is 25.3 Å². The highest BCUT2D eigenvalue weighted by molar-refractivity contribution is 7.92. The summed E-state index contributed by atoms with van der Waals surface area (Å²) in [5.41, 5.74) is 1.46. The molecular formula is C20H25ClN2O4S. The summed E-state index contributed by atoms with van der Waals surface area (Å²) in [7, 11) is -3.94. The van der Waals surface area contributed by atoms with Gasteiger partial charge in [0.25, 0.3) is 15.9 Å². The summed E-state index contributed by atoms with van der Waals surface area (Å²) in [5.74, 6) is -0.367. The Balaban J connectivity index is 2.11. The zero-order valence-corrected chi connectivity index (χ0v) is 17.7. The fourth-order valence-corrected chi connectivity index (χ4v) is 4.09. The molecule has 0 saturated heterocycles. The Morgan fingerprint density at radius 1 is 1.18 bits per heavy atom. The highest BCUT2D eigenvalue weighted by atomic mass is 35.5. The average Bonchev–Trinajstić information content (AvgIpc) is 2.63. The van der Waals surface area contributed by atoms with Crippen molar-refractivity contribution in [3.63, 3.8) is 0 Å². The van der Waals surface area contributed by atoms with Gasteiger partial charge in [0.2, 0.25) is 0 Å². The Morgan fingerprint density at radius 3 is 2.57 bits per heavy atom. The zero-order valence-electron chi connectivity index (χ0n) is 16.2. The van der Waals surface area contributed by atoms with Gasteiger partial charge in [-0.2, -0.15) is 0 Å². The third-order valence-corrected chi connectivity index (χ3v) is 5.78. The van der Waals surface area contributed by atoms with Crippen LogP contribution in [-0.4, -0.2) is 33.6 Å². The van der Waals surface area contributed by atoms with Crippen LogP contribution in [0.5, 0.6) is 0 Å². The first kappa shape index (κ1) is 22.2. The number of para-hydroxylation sites is 1. The molecule has 28 heavy (non-hydrogen) atoms. The van der Waals surface area contributed by atoms with E-state index in [-0.39, 0.29) is 27.5 Å². The van der Waals surface area contributed by atoms with E-state index in [9.17, 15) is 13.2 Å². The van der Waals surface area contributed by atoms with Crippen LogP contribution in [0.15, 0.2) is 47.4 Å². The van der Waals surface area contributed by atoms with Gasteiger partial charge in [-0.3, -0.25) is 9.52 Å². The van der Waals surface area contributed by atoms with Gasteiger partial charge in [-0.05, 0) is 57.0 Å². The predicted molar refractivity (Wildman–Crippen MR) is 111 cm³/mol. The van der Waals surface area contributed by atoms with Gasteiger partial charge in [-0.1, -0.05) is 29.8 Å². The maximum absolute atomic E-state index is 12.8. The summed E-state index contributed by atoms with van der Waals surface area (Å²) in [4.78, 5) is 12.2. The van der Waals surface area contributed by atoms with E-state index < -0.39 is 10.0 Å². The largest absolute Gasteiger partial charge is 0.379 e. The Kier molecular flexibility index (Phi) is 7.86. The van der Waals surface area contributed by atoms with Crippen LogP contribution in [-0.2, 0) is 14.8 Å². The molecule has 0 bridgehead atoms. The van der Waals surface area contributed by atoms with Crippen LogP contribution in [0.3, 0.4) is 0 Å². The first-order chi connectivity index (χ1) is 13.2. The number of nitrogens with one attached hydrogen (secondary N) is 2. The maximum Gasteiger partial charge on any atom is 0.263 e. The van der Waals surface area contributed by atoms with E-state index >= 15 is 0 Å². The highest BCUT2D eigenvalue weighted by Crippen LogP contribution is 2.26. The minimum Gasteiger partial charge on any atom is -0.379 e. The number of aryl methyl sites for hydroxylation is 1. The van der Waals surface area contributed by atoms with E-state index in [1.807, 2.05) is 19.9 Å². The summed E-state index contributed by atoms with van der Waals surface area (Å²) in [5, 5.41) is 2.80. The van der Waals surface area contributed by atoms with Gasteiger partial charge >= 0.3 is 0 Å². The maximum atomic E-state index is 12.8. The van der Waals surface area contributed by atoms with Gasteiger partial charge in [0, 0.05) is 18.7 Å². The molecule has 0 radical (unpaired) electrons. The third-order valence-electron chi connectivity index (χ3n) is 3.93. The van der Waals surface area contributed by atoms with E-state index in [2.05, 4.69) is 10.0 Å². The number of hydrogen-bond acceptors (Lipinski definition) is 4. The topological polar surface area (TPSA) is 84.5 Å². The number of benzene rings is 2. The van der Waals surface area contributed by atoms with Gasteiger partial charge in [0.1, 0.15) is 4.90 Å². The molecule has 1 amide bonds. The van der Waals surface area contributed by atoms with Gasteiger partial charge in [-0.25, -0.2) is 8.42 Å². The summed E-state index contributed by atoms with van der Waals surface area (Å²) >= 11 is 6.10. The molecule has 0 aliphatic heterocycles. The molecule has 2 aromatic rings. The third kappa shape index (κ3) is 6.22. The first-order valence-corrected chi connectivity index (χ1v) is 10.8. The van der Waals surface area contributed by atoms with Crippen LogP contribution in [0.2, 0.25) is 5.02 Å². The number of rotatable bonds is 9. The van der Waals surface area contributed by atoms with Crippen molar-refractivity contribution < 1.29 is 17.9 Å². The summed E-state index contributed by atoms with van der Waals surface area (Å²) in [6.45, 7) is 6.65. The summed E-state index contributed by atoms with van der Waals surface area (Å²) in [6.07, 6.45) is 0.804. The molecular weight excluding hydrogens is 400 g/mol. The van der Waals surface area contributed by atoms with Crippen molar-refractivity contribution in [2.24, 2.45) is 0 Å². The van der Waals surface area contributed by atoms with Gasteiger partial charge in [0.15, 0.2) is 0 Å². The molecule has 8 heteroatoms. The Morgan fingerprint density at radius 2 is 1.89 bits per heavy atom. The lowest BCUT2D eigenvalue weighted by Gasteiger charge is -2.13. The minimum absolute atomic E-state index is 0.0444. The molecule has 0 unspecified atom stereocenters. The van der Waals surface area contributed by atoms with Crippen molar-refractivity contribution >= 4 is 33.2 Å². The zero-order chi connectivity index (χ0) is 20.7. The standard InChI is InChI=1S/C20H25ClN2O4S/c1-14(2)27-12-6-11-22-20(24)16-9-10-17(21)19(13-16)28(25,26)23-18-8-5-4-7-15(18)3/h4-5,7-10,13-14,23H,6,11-12H2,1-3H3,(H,22,24). The van der Waals surface area contributed by atoms with Crippen molar-refractivity contribution in [1.82, 2.24) is 5.32 Å². The van der Waals surface area contributed by atoms with Crippen LogP contribution < -0.4 is 10.0 Å². The lowest BCUT2D eigenvalue weighted by molar-refractivity contribution is 0.0757.